The van der Waals surface area contributed by atoms with E-state index in [1.165, 1.54) is 35.4 Å². The van der Waals surface area contributed by atoms with Gasteiger partial charge in [0, 0.05) is 28.9 Å². The van der Waals surface area contributed by atoms with Crippen molar-refractivity contribution in [3.05, 3.63) is 99.1 Å². The molecular weight excluding hydrogens is 458 g/mol. The molecule has 0 fully saturated rings. The number of fused-ring (bicyclic) bond motifs is 2. The van der Waals surface area contributed by atoms with Crippen molar-refractivity contribution in [2.75, 3.05) is 5.32 Å². The highest BCUT2D eigenvalue weighted by molar-refractivity contribution is 6.04. The molecule has 0 spiro atoms. The van der Waals surface area contributed by atoms with Crippen molar-refractivity contribution in [2.24, 2.45) is 0 Å². The van der Waals surface area contributed by atoms with Gasteiger partial charge < -0.3 is 15.0 Å². The van der Waals surface area contributed by atoms with Crippen LogP contribution in [-0.2, 0) is 17.8 Å². The molecule has 0 unspecified atom stereocenters. The van der Waals surface area contributed by atoms with Crippen LogP contribution < -0.4 is 10.1 Å². The van der Waals surface area contributed by atoms with Crippen LogP contribution in [0.1, 0.15) is 59.3 Å². The molecule has 1 heterocycles. The summed E-state index contributed by atoms with van der Waals surface area (Å²) < 4.78 is 6.14. The molecule has 0 saturated carbocycles. The number of nitro groups is 1. The van der Waals surface area contributed by atoms with Crippen LogP contribution in [0.3, 0.4) is 0 Å². The molecular formula is C28H27N3O5. The molecule has 5 rings (SSSR count). The van der Waals surface area contributed by atoms with Crippen LogP contribution in [0.2, 0.25) is 0 Å². The van der Waals surface area contributed by atoms with Gasteiger partial charge in [-0.25, -0.2) is 0 Å². The standard InChI is InChI=1S/C28H27N3O5/c1-2-25-28(33)30(24-9-5-7-18-6-3-4-8-23(18)24)17-20-16-21(12-15-26(20)36-25)29-27(32)19-10-13-22(14-11-19)31(34)35/h3-4,6,8,10-16,24-25H,2,5,7,9,17H2,1H3,(H,29,32)/t24-,25-/m1/s1. The van der Waals surface area contributed by atoms with Gasteiger partial charge in [0.2, 0.25) is 0 Å². The number of hydrogen-bond donors (Lipinski definition) is 1. The first-order valence-corrected chi connectivity index (χ1v) is 12.2. The average molecular weight is 486 g/mol. The molecule has 8 nitrogen and oxygen atoms in total. The van der Waals surface area contributed by atoms with Crippen molar-refractivity contribution in [2.45, 2.75) is 51.3 Å². The quantitative estimate of drug-likeness (QED) is 0.384. The van der Waals surface area contributed by atoms with Crippen molar-refractivity contribution < 1.29 is 19.2 Å². The molecule has 8 heteroatoms. The number of non-ortho nitro benzene ring substituents is 1. The summed E-state index contributed by atoms with van der Waals surface area (Å²) >= 11 is 0. The number of rotatable bonds is 5. The second-order valence-electron chi connectivity index (χ2n) is 9.17. The second-order valence-corrected chi connectivity index (χ2v) is 9.17. The molecule has 2 amide bonds. The Hall–Kier alpha value is -4.20. The highest BCUT2D eigenvalue weighted by Gasteiger charge is 2.36. The highest BCUT2D eigenvalue weighted by atomic mass is 16.6. The Morgan fingerprint density at radius 1 is 1.11 bits per heavy atom. The Labute approximate surface area is 209 Å². The number of carbonyl (C=O) groups is 2. The van der Waals surface area contributed by atoms with E-state index in [9.17, 15) is 19.7 Å². The summed E-state index contributed by atoms with van der Waals surface area (Å²) in [6.07, 6.45) is 2.91. The van der Waals surface area contributed by atoms with Crippen LogP contribution in [0.15, 0.2) is 66.7 Å². The van der Waals surface area contributed by atoms with E-state index in [0.29, 0.717) is 30.0 Å². The fourth-order valence-electron chi connectivity index (χ4n) is 5.06. The first-order chi connectivity index (χ1) is 17.4. The first-order valence-electron chi connectivity index (χ1n) is 12.2. The zero-order valence-electron chi connectivity index (χ0n) is 20.0. The van der Waals surface area contributed by atoms with E-state index in [0.717, 1.165) is 24.8 Å². The van der Waals surface area contributed by atoms with Crippen molar-refractivity contribution >= 4 is 23.2 Å². The molecule has 0 saturated heterocycles. The predicted molar refractivity (Wildman–Crippen MR) is 135 cm³/mol. The average Bonchev–Trinajstić information content (AvgIpc) is 3.04. The molecule has 1 aliphatic heterocycles. The van der Waals surface area contributed by atoms with Crippen LogP contribution in [-0.4, -0.2) is 27.7 Å². The lowest BCUT2D eigenvalue weighted by atomic mass is 9.86. The second kappa shape index (κ2) is 9.81. The number of aryl methyl sites for hydroxylation is 1. The van der Waals surface area contributed by atoms with E-state index in [2.05, 4.69) is 17.4 Å². The van der Waals surface area contributed by atoms with Gasteiger partial charge in [0.25, 0.3) is 17.5 Å². The molecule has 3 aromatic carbocycles. The molecule has 0 aromatic heterocycles. The number of ether oxygens (including phenoxy) is 1. The monoisotopic (exact) mass is 485 g/mol. The lowest BCUT2D eigenvalue weighted by Crippen LogP contribution is -2.42. The molecule has 0 bridgehead atoms. The maximum atomic E-state index is 13.6. The van der Waals surface area contributed by atoms with Gasteiger partial charge in [-0.3, -0.25) is 19.7 Å². The van der Waals surface area contributed by atoms with Crippen molar-refractivity contribution in [3.8, 4) is 5.75 Å². The van der Waals surface area contributed by atoms with Gasteiger partial charge in [-0.15, -0.1) is 0 Å². The smallest absolute Gasteiger partial charge is 0.269 e. The molecule has 3 aromatic rings. The van der Waals surface area contributed by atoms with Gasteiger partial charge >= 0.3 is 0 Å². The van der Waals surface area contributed by atoms with E-state index in [1.807, 2.05) is 30.0 Å². The van der Waals surface area contributed by atoms with Crippen LogP contribution in [0.4, 0.5) is 11.4 Å². The van der Waals surface area contributed by atoms with E-state index >= 15 is 0 Å². The van der Waals surface area contributed by atoms with Gasteiger partial charge in [0.1, 0.15) is 5.75 Å². The van der Waals surface area contributed by atoms with E-state index < -0.39 is 11.0 Å². The predicted octanol–water partition coefficient (Wildman–Crippen LogP) is 5.42. The molecule has 1 aliphatic carbocycles. The summed E-state index contributed by atoms with van der Waals surface area (Å²) in [5, 5.41) is 13.7. The summed E-state index contributed by atoms with van der Waals surface area (Å²) in [6.45, 7) is 2.32. The minimum atomic E-state index is -0.569. The Bertz CT molecular complexity index is 1320. The van der Waals surface area contributed by atoms with Gasteiger partial charge in [0.15, 0.2) is 6.10 Å². The van der Waals surface area contributed by atoms with Gasteiger partial charge in [-0.05, 0) is 67.1 Å². The molecule has 2 aliphatic rings. The Morgan fingerprint density at radius 3 is 2.64 bits per heavy atom. The number of nitrogens with zero attached hydrogens (tertiary/aromatic N) is 2. The Morgan fingerprint density at radius 2 is 1.89 bits per heavy atom. The summed E-state index contributed by atoms with van der Waals surface area (Å²) in [5.74, 6) is 0.238. The summed E-state index contributed by atoms with van der Waals surface area (Å²) in [6, 6.07) is 19.1. The molecule has 2 atom stereocenters. The number of hydrogen-bond acceptors (Lipinski definition) is 5. The van der Waals surface area contributed by atoms with E-state index in [4.69, 9.17) is 4.74 Å². The highest BCUT2D eigenvalue weighted by Crippen LogP contribution is 2.39. The fraction of sp³-hybridized carbons (Fsp3) is 0.286. The van der Waals surface area contributed by atoms with Gasteiger partial charge in [0.05, 0.1) is 17.5 Å². The normalized spacial score (nSPS) is 18.9. The number of amides is 2. The third-order valence-electron chi connectivity index (χ3n) is 6.91. The molecule has 36 heavy (non-hydrogen) atoms. The Kier molecular flexibility index (Phi) is 6.41. The third kappa shape index (κ3) is 4.54. The van der Waals surface area contributed by atoms with Crippen LogP contribution in [0.5, 0.6) is 5.75 Å². The summed E-state index contributed by atoms with van der Waals surface area (Å²) in [7, 11) is 0. The zero-order valence-corrected chi connectivity index (χ0v) is 20.0. The van der Waals surface area contributed by atoms with E-state index in [1.54, 1.807) is 12.1 Å². The van der Waals surface area contributed by atoms with Crippen LogP contribution in [0, 0.1) is 10.1 Å². The van der Waals surface area contributed by atoms with Crippen LogP contribution in [0.25, 0.3) is 0 Å². The van der Waals surface area contributed by atoms with Crippen molar-refractivity contribution in [1.82, 2.24) is 4.90 Å². The maximum absolute atomic E-state index is 13.6. The fourth-order valence-corrected chi connectivity index (χ4v) is 5.06. The minimum absolute atomic E-state index is 0.0214. The lowest BCUT2D eigenvalue weighted by molar-refractivity contribution is -0.384. The van der Waals surface area contributed by atoms with Gasteiger partial charge in [-0.1, -0.05) is 31.2 Å². The number of benzene rings is 3. The molecule has 1 N–H and O–H groups in total. The number of anilines is 1. The van der Waals surface area contributed by atoms with Crippen molar-refractivity contribution in [1.29, 1.82) is 0 Å². The molecule has 184 valence electrons. The minimum Gasteiger partial charge on any atom is -0.480 e. The largest absolute Gasteiger partial charge is 0.480 e. The number of nitrogens with one attached hydrogen (secondary N) is 1. The third-order valence-corrected chi connectivity index (χ3v) is 6.91. The van der Waals surface area contributed by atoms with Crippen molar-refractivity contribution in [3.63, 3.8) is 0 Å². The summed E-state index contributed by atoms with van der Waals surface area (Å²) in [5.41, 5.74) is 4.10. The maximum Gasteiger partial charge on any atom is 0.269 e. The number of nitro benzene ring substituents is 1. The number of carbonyl (C=O) groups excluding carboxylic acids is 2. The first kappa shape index (κ1) is 23.5. The van der Waals surface area contributed by atoms with Gasteiger partial charge in [-0.2, -0.15) is 0 Å². The Balaban J connectivity index is 1.43. The summed E-state index contributed by atoms with van der Waals surface area (Å²) in [4.78, 5) is 38.6. The van der Waals surface area contributed by atoms with Crippen LogP contribution >= 0.6 is 0 Å². The SMILES string of the molecule is CC[C@H]1Oc2ccc(NC(=O)c3ccc([N+](=O)[O-])cc3)cc2CN([C@@H]2CCCc3ccccc32)C1=O. The molecule has 0 radical (unpaired) electrons. The van der Waals surface area contributed by atoms with E-state index in [-0.39, 0.29) is 23.5 Å². The zero-order chi connectivity index (χ0) is 25.2. The lowest BCUT2D eigenvalue weighted by Gasteiger charge is -2.36. The topological polar surface area (TPSA) is 102 Å².